The number of rotatable bonds is 2. The van der Waals surface area contributed by atoms with E-state index in [1.54, 1.807) is 24.3 Å². The van der Waals surface area contributed by atoms with Gasteiger partial charge in [0.2, 0.25) is 0 Å². The first-order valence-corrected chi connectivity index (χ1v) is 4.11. The summed E-state index contributed by atoms with van der Waals surface area (Å²) in [5.74, 6) is 0.544. The molecule has 0 spiro atoms. The number of nitrogens with zero attached hydrogens (tertiary/aromatic N) is 1. The van der Waals surface area contributed by atoms with Crippen molar-refractivity contribution in [2.24, 2.45) is 5.16 Å². The highest BCUT2D eigenvalue weighted by molar-refractivity contribution is 6.00. The first-order chi connectivity index (χ1) is 6.79. The number of nitrogen functional groups attached to an aromatic ring is 1. The van der Waals surface area contributed by atoms with Crippen molar-refractivity contribution in [3.63, 3.8) is 0 Å². The van der Waals surface area contributed by atoms with Crippen LogP contribution in [0.15, 0.2) is 29.4 Å². The smallest absolute Gasteiger partial charge is 0.254 e. The van der Waals surface area contributed by atoms with Gasteiger partial charge in [0.1, 0.15) is 0 Å². The second kappa shape index (κ2) is 3.37. The number of carbonyl (C=O) groups excluding carboxylic acids is 1. The van der Waals surface area contributed by atoms with Gasteiger partial charge in [-0.2, -0.15) is 0 Å². The molecule has 0 saturated heterocycles. The molecule has 1 heterocycles. The van der Waals surface area contributed by atoms with E-state index >= 15 is 0 Å². The van der Waals surface area contributed by atoms with Crippen molar-refractivity contribution >= 4 is 17.8 Å². The Bertz CT molecular complexity index is 372. The highest BCUT2D eigenvalue weighted by atomic mass is 16.7. The summed E-state index contributed by atoms with van der Waals surface area (Å²) in [5.41, 5.74) is 7.05. The second-order valence-corrected chi connectivity index (χ2v) is 2.87. The third-order valence-corrected chi connectivity index (χ3v) is 1.84. The summed E-state index contributed by atoms with van der Waals surface area (Å²) < 4.78 is 0. The van der Waals surface area contributed by atoms with E-state index in [0.29, 0.717) is 17.8 Å². The van der Waals surface area contributed by atoms with Gasteiger partial charge in [-0.1, -0.05) is 5.16 Å². The molecule has 0 aromatic heterocycles. The summed E-state index contributed by atoms with van der Waals surface area (Å²) in [7, 11) is 0. The number of carbonyl (C=O) groups is 1. The van der Waals surface area contributed by atoms with Crippen molar-refractivity contribution in [3.8, 4) is 0 Å². The largest absolute Gasteiger partial charge is 0.399 e. The van der Waals surface area contributed by atoms with E-state index in [0.717, 1.165) is 5.56 Å². The summed E-state index contributed by atoms with van der Waals surface area (Å²) in [6.07, 6.45) is -0.0316. The monoisotopic (exact) mass is 191 g/mol. The van der Waals surface area contributed by atoms with Gasteiger partial charge >= 0.3 is 0 Å². The lowest BCUT2D eigenvalue weighted by Crippen LogP contribution is -2.30. The quantitative estimate of drug-likeness (QED) is 0.512. The van der Waals surface area contributed by atoms with Crippen molar-refractivity contribution in [1.29, 1.82) is 0 Å². The molecule has 0 fully saturated rings. The average Bonchev–Trinajstić information content (AvgIpc) is 2.67. The number of nitrogens with one attached hydrogen (secondary N) is 1. The Morgan fingerprint density at radius 1 is 1.43 bits per heavy atom. The maximum Gasteiger partial charge on any atom is 0.254 e. The number of oxime groups is 1. The lowest BCUT2D eigenvalue weighted by molar-refractivity contribution is -0.117. The predicted octanol–water partition coefficient (Wildman–Crippen LogP) is 0.0752. The minimum absolute atomic E-state index is 0.544. The van der Waals surface area contributed by atoms with Crippen LogP contribution in [0.4, 0.5) is 5.69 Å². The first-order valence-electron chi connectivity index (χ1n) is 4.11. The number of aldehydes is 1. The Hall–Kier alpha value is -2.04. The Morgan fingerprint density at radius 2 is 2.14 bits per heavy atom. The standard InChI is InChI=1S/C9H9N3O2/c10-7-3-1-6(2-4-7)9-11-8(5-13)14-12-9/h1-5,8H,10H2,(H,11,12). The molecular formula is C9H9N3O2. The molecule has 5 nitrogen and oxygen atoms in total. The predicted molar refractivity (Wildman–Crippen MR) is 51.5 cm³/mol. The maximum atomic E-state index is 10.4. The average molecular weight is 191 g/mol. The molecule has 1 aliphatic heterocycles. The van der Waals surface area contributed by atoms with Crippen LogP contribution in [0.2, 0.25) is 0 Å². The third-order valence-electron chi connectivity index (χ3n) is 1.84. The van der Waals surface area contributed by atoms with Crippen LogP contribution in [0.1, 0.15) is 5.56 Å². The van der Waals surface area contributed by atoms with Gasteiger partial charge in [0.15, 0.2) is 12.1 Å². The lowest BCUT2D eigenvalue weighted by Gasteiger charge is -2.02. The molecule has 14 heavy (non-hydrogen) atoms. The van der Waals surface area contributed by atoms with E-state index in [1.807, 2.05) is 0 Å². The highest BCUT2D eigenvalue weighted by Crippen LogP contribution is 2.09. The number of amidine groups is 1. The molecule has 2 rings (SSSR count). The summed E-state index contributed by atoms with van der Waals surface area (Å²) in [6, 6.07) is 7.12. The Kier molecular flexibility index (Phi) is 2.06. The molecule has 0 radical (unpaired) electrons. The van der Waals surface area contributed by atoms with E-state index in [1.165, 1.54) is 0 Å². The second-order valence-electron chi connectivity index (χ2n) is 2.87. The van der Waals surface area contributed by atoms with Crippen LogP contribution in [-0.2, 0) is 9.63 Å². The van der Waals surface area contributed by atoms with Gasteiger partial charge in [-0.15, -0.1) is 0 Å². The molecule has 5 heteroatoms. The fraction of sp³-hybridized carbons (Fsp3) is 0.111. The number of hydrogen-bond acceptors (Lipinski definition) is 5. The summed E-state index contributed by atoms with van der Waals surface area (Å²) in [4.78, 5) is 15.1. The van der Waals surface area contributed by atoms with Crippen molar-refractivity contribution in [2.75, 3.05) is 5.73 Å². The van der Waals surface area contributed by atoms with Crippen LogP contribution in [0.5, 0.6) is 0 Å². The van der Waals surface area contributed by atoms with Crippen LogP contribution >= 0.6 is 0 Å². The zero-order valence-electron chi connectivity index (χ0n) is 7.31. The van der Waals surface area contributed by atoms with Crippen molar-refractivity contribution in [1.82, 2.24) is 5.32 Å². The van der Waals surface area contributed by atoms with E-state index < -0.39 is 6.23 Å². The normalized spacial score (nSPS) is 19.4. The molecule has 1 atom stereocenters. The molecule has 0 amide bonds. The van der Waals surface area contributed by atoms with Gasteiger partial charge in [-0.25, -0.2) is 0 Å². The first kappa shape index (κ1) is 8.55. The zero-order valence-corrected chi connectivity index (χ0v) is 7.31. The number of benzene rings is 1. The van der Waals surface area contributed by atoms with Gasteiger partial charge < -0.3 is 15.9 Å². The number of anilines is 1. The fourth-order valence-electron chi connectivity index (χ4n) is 1.13. The van der Waals surface area contributed by atoms with Crippen LogP contribution in [0.3, 0.4) is 0 Å². The van der Waals surface area contributed by atoms with E-state index in [2.05, 4.69) is 10.5 Å². The van der Waals surface area contributed by atoms with Crippen molar-refractivity contribution in [2.45, 2.75) is 6.23 Å². The van der Waals surface area contributed by atoms with Crippen LogP contribution in [-0.4, -0.2) is 18.3 Å². The van der Waals surface area contributed by atoms with E-state index in [9.17, 15) is 4.79 Å². The van der Waals surface area contributed by atoms with Gasteiger partial charge in [-0.05, 0) is 24.3 Å². The molecule has 0 saturated carbocycles. The lowest BCUT2D eigenvalue weighted by atomic mass is 10.2. The van der Waals surface area contributed by atoms with E-state index in [-0.39, 0.29) is 0 Å². The molecule has 0 bridgehead atoms. The minimum atomic E-state index is -0.678. The molecule has 3 N–H and O–H groups in total. The minimum Gasteiger partial charge on any atom is -0.399 e. The number of hydrogen-bond donors (Lipinski definition) is 2. The summed E-state index contributed by atoms with van der Waals surface area (Å²) >= 11 is 0. The van der Waals surface area contributed by atoms with E-state index in [4.69, 9.17) is 10.6 Å². The zero-order chi connectivity index (χ0) is 9.97. The Morgan fingerprint density at radius 3 is 2.71 bits per heavy atom. The summed E-state index contributed by atoms with van der Waals surface area (Å²) in [5, 5.41) is 6.52. The molecule has 72 valence electrons. The van der Waals surface area contributed by atoms with Crippen molar-refractivity contribution in [3.05, 3.63) is 29.8 Å². The summed E-state index contributed by atoms with van der Waals surface area (Å²) in [6.45, 7) is 0. The van der Waals surface area contributed by atoms with Gasteiger partial charge in [-0.3, -0.25) is 4.79 Å². The van der Waals surface area contributed by atoms with Crippen LogP contribution < -0.4 is 11.1 Å². The topological polar surface area (TPSA) is 76.7 Å². The number of nitrogens with two attached hydrogens (primary N) is 1. The van der Waals surface area contributed by atoms with Gasteiger partial charge in [0.25, 0.3) is 6.23 Å². The molecule has 1 aromatic rings. The molecule has 1 aliphatic rings. The highest BCUT2D eigenvalue weighted by Gasteiger charge is 2.18. The molecule has 1 unspecified atom stereocenters. The molecular weight excluding hydrogens is 182 g/mol. The fourth-order valence-corrected chi connectivity index (χ4v) is 1.13. The van der Waals surface area contributed by atoms with Crippen LogP contribution in [0, 0.1) is 0 Å². The SMILES string of the molecule is Nc1ccc(C2=NOC(C=O)N2)cc1. The molecule has 1 aromatic carbocycles. The molecule has 0 aliphatic carbocycles. The third kappa shape index (κ3) is 1.52. The maximum absolute atomic E-state index is 10.4. The van der Waals surface area contributed by atoms with Gasteiger partial charge in [0.05, 0.1) is 0 Å². The van der Waals surface area contributed by atoms with Gasteiger partial charge in [0, 0.05) is 11.3 Å². The Balaban J connectivity index is 2.17. The Labute approximate surface area is 80.5 Å². The van der Waals surface area contributed by atoms with Crippen LogP contribution in [0.25, 0.3) is 0 Å². The van der Waals surface area contributed by atoms with Crippen molar-refractivity contribution < 1.29 is 9.63 Å².